The second kappa shape index (κ2) is 7.36. The van der Waals surface area contributed by atoms with Crippen molar-refractivity contribution < 1.29 is 23.9 Å². The number of carbonyl (C=O) groups is 3. The number of nitrogens with zero attached hydrogens (tertiary/aromatic N) is 1. The van der Waals surface area contributed by atoms with Crippen molar-refractivity contribution >= 4 is 17.7 Å². The lowest BCUT2D eigenvalue weighted by Crippen LogP contribution is -2.50. The van der Waals surface area contributed by atoms with Crippen molar-refractivity contribution in [2.24, 2.45) is 11.8 Å². The highest BCUT2D eigenvalue weighted by Gasteiger charge is 2.67. The van der Waals surface area contributed by atoms with E-state index in [9.17, 15) is 14.4 Å². The van der Waals surface area contributed by atoms with Gasteiger partial charge in [-0.15, -0.1) is 0 Å². The molecule has 2 aromatic carbocycles. The Morgan fingerprint density at radius 1 is 0.833 bits per heavy atom. The predicted octanol–water partition coefficient (Wildman–Crippen LogP) is 2.73. The molecular formula is C24H23NO5. The molecule has 2 aromatic rings. The Kier molecular flexibility index (Phi) is 4.66. The lowest BCUT2D eigenvalue weighted by Gasteiger charge is -2.34. The van der Waals surface area contributed by atoms with Crippen molar-refractivity contribution in [3.8, 4) is 0 Å². The van der Waals surface area contributed by atoms with Crippen LogP contribution >= 0.6 is 0 Å². The van der Waals surface area contributed by atoms with Crippen LogP contribution in [0.1, 0.15) is 33.6 Å². The zero-order valence-electron chi connectivity index (χ0n) is 16.6. The van der Waals surface area contributed by atoms with Crippen molar-refractivity contribution in [3.63, 3.8) is 0 Å². The van der Waals surface area contributed by atoms with Gasteiger partial charge >= 0.3 is 11.9 Å². The van der Waals surface area contributed by atoms with Gasteiger partial charge in [0.25, 0.3) is 0 Å². The maximum Gasteiger partial charge on any atom is 0.338 e. The van der Waals surface area contributed by atoms with Crippen LogP contribution in [-0.4, -0.2) is 54.0 Å². The van der Waals surface area contributed by atoms with Gasteiger partial charge in [0.15, 0.2) is 12.2 Å². The van der Waals surface area contributed by atoms with Gasteiger partial charge in [0.05, 0.1) is 23.2 Å². The molecule has 6 unspecified atom stereocenters. The van der Waals surface area contributed by atoms with E-state index in [0.717, 1.165) is 6.42 Å². The predicted molar refractivity (Wildman–Crippen MR) is 108 cm³/mol. The largest absolute Gasteiger partial charge is 0.453 e. The molecule has 154 valence electrons. The first-order chi connectivity index (χ1) is 14.6. The summed E-state index contributed by atoms with van der Waals surface area (Å²) in [5, 5.41) is 0. The van der Waals surface area contributed by atoms with E-state index in [1.54, 1.807) is 48.5 Å². The summed E-state index contributed by atoms with van der Waals surface area (Å²) in [6.45, 7) is 0. The quantitative estimate of drug-likeness (QED) is 0.729. The monoisotopic (exact) mass is 405 g/mol. The van der Waals surface area contributed by atoms with Crippen LogP contribution in [0.4, 0.5) is 0 Å². The second-order valence-electron chi connectivity index (χ2n) is 8.31. The molecule has 6 nitrogen and oxygen atoms in total. The molecule has 0 amide bonds. The summed E-state index contributed by atoms with van der Waals surface area (Å²) >= 11 is 0. The maximum absolute atomic E-state index is 12.8. The minimum absolute atomic E-state index is 0.132. The van der Waals surface area contributed by atoms with Crippen molar-refractivity contribution in [2.75, 3.05) is 7.05 Å². The van der Waals surface area contributed by atoms with Gasteiger partial charge < -0.3 is 9.47 Å². The molecule has 1 saturated carbocycles. The average molecular weight is 405 g/mol. The Hall–Kier alpha value is -2.99. The Morgan fingerprint density at radius 3 is 1.87 bits per heavy atom. The highest BCUT2D eigenvalue weighted by atomic mass is 16.6. The van der Waals surface area contributed by atoms with Crippen LogP contribution in [0.15, 0.2) is 60.7 Å². The lowest BCUT2D eigenvalue weighted by molar-refractivity contribution is -0.124. The van der Waals surface area contributed by atoms with E-state index in [2.05, 4.69) is 4.90 Å². The van der Waals surface area contributed by atoms with Gasteiger partial charge in [-0.1, -0.05) is 36.4 Å². The summed E-state index contributed by atoms with van der Waals surface area (Å²) in [5.41, 5.74) is 0.889. The molecule has 2 aliphatic heterocycles. The Bertz CT molecular complexity index is 976. The van der Waals surface area contributed by atoms with E-state index in [4.69, 9.17) is 9.47 Å². The minimum Gasteiger partial charge on any atom is -0.453 e. The fourth-order valence-electron chi connectivity index (χ4n) is 5.58. The molecule has 0 radical (unpaired) electrons. The summed E-state index contributed by atoms with van der Waals surface area (Å²) in [4.78, 5) is 40.2. The number of fused-ring (bicyclic) bond motifs is 5. The number of hydrogen-bond acceptors (Lipinski definition) is 6. The molecule has 2 heterocycles. The first-order valence-corrected chi connectivity index (χ1v) is 10.3. The van der Waals surface area contributed by atoms with E-state index < -0.39 is 24.1 Å². The molecule has 3 aliphatic rings. The van der Waals surface area contributed by atoms with Crippen molar-refractivity contribution in [2.45, 2.75) is 37.1 Å². The highest BCUT2D eigenvalue weighted by Crippen LogP contribution is 2.53. The van der Waals surface area contributed by atoms with Gasteiger partial charge in [0.1, 0.15) is 5.78 Å². The summed E-state index contributed by atoms with van der Waals surface area (Å²) in [7, 11) is 1.93. The molecule has 6 atom stereocenters. The van der Waals surface area contributed by atoms with Crippen LogP contribution in [0.3, 0.4) is 0 Å². The lowest BCUT2D eigenvalue weighted by atomic mass is 9.78. The topological polar surface area (TPSA) is 72.9 Å². The number of rotatable bonds is 4. The van der Waals surface area contributed by atoms with Crippen molar-refractivity contribution in [3.05, 3.63) is 71.8 Å². The van der Waals surface area contributed by atoms with Crippen LogP contribution in [0.2, 0.25) is 0 Å². The molecule has 6 heteroatoms. The second-order valence-corrected chi connectivity index (χ2v) is 8.31. The summed E-state index contributed by atoms with van der Waals surface area (Å²) in [6.07, 6.45) is 0.0407. The van der Waals surface area contributed by atoms with Crippen LogP contribution in [0.5, 0.6) is 0 Å². The molecule has 2 bridgehead atoms. The number of likely N-dealkylation sites (N-methyl/N-ethyl adjacent to an activating group) is 1. The number of esters is 2. The Labute approximate surface area is 174 Å². The molecule has 30 heavy (non-hydrogen) atoms. The Morgan fingerprint density at radius 2 is 1.33 bits per heavy atom. The van der Waals surface area contributed by atoms with E-state index in [-0.39, 0.29) is 29.7 Å². The van der Waals surface area contributed by atoms with E-state index in [0.29, 0.717) is 17.5 Å². The number of benzene rings is 2. The molecule has 2 saturated heterocycles. The zero-order chi connectivity index (χ0) is 20.8. The number of Topliss-reactive ketones (excluding diaryl/α,β-unsaturated/α-hetero) is 1. The molecule has 0 aromatic heterocycles. The van der Waals surface area contributed by atoms with E-state index in [1.807, 2.05) is 19.2 Å². The van der Waals surface area contributed by atoms with Gasteiger partial charge in [0, 0.05) is 12.3 Å². The smallest absolute Gasteiger partial charge is 0.338 e. The standard InChI is InChI=1S/C24H23NO5/c1-25-19-16-12-13-17(26)18(16)20(25)22(30-24(28)15-10-6-3-7-11-15)21(19)29-23(27)14-8-4-2-5-9-14/h2-11,16,18-22H,12-13H2,1H3. The Balaban J connectivity index is 1.44. The SMILES string of the molecule is CN1C2C3CCC(=O)C3C1C(OC(=O)c1ccccc1)C2OC(=O)c1ccccc1. The van der Waals surface area contributed by atoms with Crippen molar-refractivity contribution in [1.29, 1.82) is 0 Å². The first kappa shape index (κ1) is 19.0. The third-order valence-corrected chi connectivity index (χ3v) is 6.81. The summed E-state index contributed by atoms with van der Waals surface area (Å²) in [5.74, 6) is -0.728. The summed E-state index contributed by atoms with van der Waals surface area (Å²) < 4.78 is 11.8. The van der Waals surface area contributed by atoms with Crippen LogP contribution in [-0.2, 0) is 14.3 Å². The third-order valence-electron chi connectivity index (χ3n) is 6.81. The normalized spacial score (nSPS) is 32.1. The zero-order valence-corrected chi connectivity index (χ0v) is 16.6. The number of carbonyl (C=O) groups excluding carboxylic acids is 3. The van der Waals surface area contributed by atoms with Gasteiger partial charge in [-0.2, -0.15) is 0 Å². The molecular weight excluding hydrogens is 382 g/mol. The highest BCUT2D eigenvalue weighted by molar-refractivity contribution is 5.91. The summed E-state index contributed by atoms with van der Waals surface area (Å²) in [6, 6.07) is 17.1. The number of ether oxygens (including phenoxy) is 2. The third kappa shape index (κ3) is 2.94. The van der Waals surface area contributed by atoms with Gasteiger partial charge in [-0.05, 0) is 43.7 Å². The van der Waals surface area contributed by atoms with Gasteiger partial charge in [-0.3, -0.25) is 9.69 Å². The number of hydrogen-bond donors (Lipinski definition) is 0. The minimum atomic E-state index is -0.677. The molecule has 5 rings (SSSR count). The van der Waals surface area contributed by atoms with Gasteiger partial charge in [-0.25, -0.2) is 9.59 Å². The van der Waals surface area contributed by atoms with Crippen molar-refractivity contribution in [1.82, 2.24) is 4.90 Å². The van der Waals surface area contributed by atoms with Crippen LogP contribution in [0, 0.1) is 11.8 Å². The van der Waals surface area contributed by atoms with E-state index >= 15 is 0 Å². The molecule has 0 spiro atoms. The van der Waals surface area contributed by atoms with Crippen LogP contribution in [0.25, 0.3) is 0 Å². The molecule has 0 N–H and O–H groups in total. The fourth-order valence-corrected chi connectivity index (χ4v) is 5.58. The fraction of sp³-hybridized carbons (Fsp3) is 0.375. The van der Waals surface area contributed by atoms with Gasteiger partial charge in [0.2, 0.25) is 0 Å². The number of ketones is 1. The average Bonchev–Trinajstić information content (AvgIpc) is 3.37. The molecule has 3 fully saturated rings. The van der Waals surface area contributed by atoms with E-state index in [1.165, 1.54) is 0 Å². The first-order valence-electron chi connectivity index (χ1n) is 10.3. The van der Waals surface area contributed by atoms with Crippen LogP contribution < -0.4 is 0 Å². The molecule has 1 aliphatic carbocycles. The maximum atomic E-state index is 12.8.